The molecule has 1 aromatic heterocycles. The largest absolute Gasteiger partial charge is 0.477 e. The highest BCUT2D eigenvalue weighted by Crippen LogP contribution is 2.32. The minimum Gasteiger partial charge on any atom is -0.477 e. The Hall–Kier alpha value is -3.07. The molecule has 1 N–H and O–H groups in total. The van der Waals surface area contributed by atoms with E-state index < -0.39 is 0 Å². The standard InChI is InChI=1S/C27H37N5O4/c1-19-3-7-22(8-4-19)29-26-28-15-24(21-5-9-23(10-6-21)31-11-13-35-14-12-31)25(30-26)36-18-20-16-32(17-20)27(33)34-2/h5-6,9-10,15,19-20,22H,3-4,7-8,11-14,16-18H2,1-2H3,(H,28,29,30)/t19-,22+. The quantitative estimate of drug-likeness (QED) is 0.616. The molecule has 1 aromatic carbocycles. The van der Waals surface area contributed by atoms with Crippen LogP contribution in [0.15, 0.2) is 30.5 Å². The Balaban J connectivity index is 1.30. The molecule has 0 atom stereocenters. The van der Waals surface area contributed by atoms with Crippen LogP contribution < -0.4 is 15.0 Å². The number of likely N-dealkylation sites (tertiary alicyclic amines) is 1. The van der Waals surface area contributed by atoms with Crippen LogP contribution in [0.4, 0.5) is 16.4 Å². The molecule has 9 heteroatoms. The van der Waals surface area contributed by atoms with Crippen LogP contribution in [0, 0.1) is 11.8 Å². The van der Waals surface area contributed by atoms with E-state index in [4.69, 9.17) is 19.2 Å². The Morgan fingerprint density at radius 3 is 2.53 bits per heavy atom. The predicted molar refractivity (Wildman–Crippen MR) is 139 cm³/mol. The Bertz CT molecular complexity index is 1010. The van der Waals surface area contributed by atoms with Gasteiger partial charge in [0.25, 0.3) is 0 Å². The molecular weight excluding hydrogens is 458 g/mol. The smallest absolute Gasteiger partial charge is 0.409 e. The van der Waals surface area contributed by atoms with E-state index in [1.54, 1.807) is 4.90 Å². The number of nitrogens with zero attached hydrogens (tertiary/aromatic N) is 4. The van der Waals surface area contributed by atoms with Gasteiger partial charge in [0.1, 0.15) is 0 Å². The summed E-state index contributed by atoms with van der Waals surface area (Å²) in [5.41, 5.74) is 3.08. The van der Waals surface area contributed by atoms with Crippen molar-refractivity contribution in [1.82, 2.24) is 14.9 Å². The van der Waals surface area contributed by atoms with Crippen LogP contribution in [0.5, 0.6) is 5.88 Å². The van der Waals surface area contributed by atoms with Crippen molar-refractivity contribution in [2.45, 2.75) is 38.6 Å². The summed E-state index contributed by atoms with van der Waals surface area (Å²) in [7, 11) is 1.41. The first kappa shape index (κ1) is 24.6. The number of nitrogens with one attached hydrogen (secondary N) is 1. The van der Waals surface area contributed by atoms with E-state index in [1.165, 1.54) is 25.6 Å². The van der Waals surface area contributed by atoms with Crippen LogP contribution in [0.3, 0.4) is 0 Å². The second-order valence-electron chi connectivity index (χ2n) is 10.2. The predicted octanol–water partition coefficient (Wildman–Crippen LogP) is 4.05. The fourth-order valence-electron chi connectivity index (χ4n) is 5.15. The maximum Gasteiger partial charge on any atom is 0.409 e. The van der Waals surface area contributed by atoms with Crippen molar-refractivity contribution in [2.24, 2.45) is 11.8 Å². The fraction of sp³-hybridized carbons (Fsp3) is 0.593. The first-order chi connectivity index (χ1) is 17.6. The van der Waals surface area contributed by atoms with E-state index >= 15 is 0 Å². The lowest BCUT2D eigenvalue weighted by Crippen LogP contribution is -2.52. The van der Waals surface area contributed by atoms with Gasteiger partial charge in [-0.25, -0.2) is 9.78 Å². The third-order valence-corrected chi connectivity index (χ3v) is 7.50. The van der Waals surface area contributed by atoms with Gasteiger partial charge in [-0.2, -0.15) is 4.98 Å². The van der Waals surface area contributed by atoms with Gasteiger partial charge >= 0.3 is 6.09 Å². The molecule has 5 rings (SSSR count). The summed E-state index contributed by atoms with van der Waals surface area (Å²) < 4.78 is 16.5. The Morgan fingerprint density at radius 2 is 1.83 bits per heavy atom. The Labute approximate surface area is 213 Å². The third kappa shape index (κ3) is 5.83. The topological polar surface area (TPSA) is 89.0 Å². The average molecular weight is 496 g/mol. The molecule has 36 heavy (non-hydrogen) atoms. The van der Waals surface area contributed by atoms with Gasteiger partial charge in [0.05, 0.1) is 32.5 Å². The van der Waals surface area contributed by atoms with E-state index in [0.29, 0.717) is 37.6 Å². The van der Waals surface area contributed by atoms with Gasteiger partial charge in [0.2, 0.25) is 11.8 Å². The van der Waals surface area contributed by atoms with Crippen molar-refractivity contribution < 1.29 is 19.0 Å². The van der Waals surface area contributed by atoms with Gasteiger partial charge in [-0.3, -0.25) is 0 Å². The summed E-state index contributed by atoms with van der Waals surface area (Å²) in [6.45, 7) is 7.40. The highest BCUT2D eigenvalue weighted by Gasteiger charge is 2.32. The van der Waals surface area contributed by atoms with E-state index in [-0.39, 0.29) is 12.0 Å². The summed E-state index contributed by atoms with van der Waals surface area (Å²) in [6.07, 6.45) is 6.30. The molecule has 2 saturated heterocycles. The van der Waals surface area contributed by atoms with Gasteiger partial charge in [-0.05, 0) is 49.3 Å². The number of carbonyl (C=O) groups is 1. The maximum atomic E-state index is 11.7. The summed E-state index contributed by atoms with van der Waals surface area (Å²) in [4.78, 5) is 25.1. The molecule has 2 aromatic rings. The molecule has 1 saturated carbocycles. The van der Waals surface area contributed by atoms with Crippen molar-refractivity contribution in [3.63, 3.8) is 0 Å². The van der Waals surface area contributed by atoms with Crippen LogP contribution in [0.25, 0.3) is 11.1 Å². The lowest BCUT2D eigenvalue weighted by Gasteiger charge is -2.37. The number of hydrogen-bond donors (Lipinski definition) is 1. The Kier molecular flexibility index (Phi) is 7.75. The lowest BCUT2D eigenvalue weighted by molar-refractivity contribution is 0.0475. The summed E-state index contributed by atoms with van der Waals surface area (Å²) in [5, 5.41) is 3.53. The number of benzene rings is 1. The monoisotopic (exact) mass is 495 g/mol. The molecule has 2 aliphatic heterocycles. The van der Waals surface area contributed by atoms with E-state index in [0.717, 1.165) is 56.2 Å². The first-order valence-corrected chi connectivity index (χ1v) is 13.1. The minimum absolute atomic E-state index is 0.256. The van der Waals surface area contributed by atoms with Crippen molar-refractivity contribution in [3.05, 3.63) is 30.5 Å². The summed E-state index contributed by atoms with van der Waals surface area (Å²) >= 11 is 0. The molecule has 0 radical (unpaired) electrons. The number of hydrogen-bond acceptors (Lipinski definition) is 8. The molecule has 194 valence electrons. The molecular formula is C27H37N5O4. The first-order valence-electron chi connectivity index (χ1n) is 13.1. The number of carbonyl (C=O) groups excluding carboxylic acids is 1. The molecule has 1 amide bonds. The number of morpholine rings is 1. The molecule has 0 bridgehead atoms. The molecule has 0 spiro atoms. The number of aromatic nitrogens is 2. The summed E-state index contributed by atoms with van der Waals surface area (Å²) in [6, 6.07) is 8.88. The zero-order chi connectivity index (χ0) is 24.9. The number of rotatable bonds is 7. The highest BCUT2D eigenvalue weighted by molar-refractivity contribution is 5.71. The van der Waals surface area contributed by atoms with Crippen molar-refractivity contribution in [2.75, 3.05) is 63.3 Å². The maximum absolute atomic E-state index is 11.7. The number of amides is 1. The second-order valence-corrected chi connectivity index (χ2v) is 10.2. The number of methoxy groups -OCH3 is 1. The molecule has 9 nitrogen and oxygen atoms in total. The third-order valence-electron chi connectivity index (χ3n) is 7.50. The van der Waals surface area contributed by atoms with E-state index in [1.807, 2.05) is 6.20 Å². The normalized spacial score (nSPS) is 22.6. The fourth-order valence-corrected chi connectivity index (χ4v) is 5.15. The number of ether oxygens (including phenoxy) is 3. The zero-order valence-electron chi connectivity index (χ0n) is 21.3. The second kappa shape index (κ2) is 11.3. The van der Waals surface area contributed by atoms with Gasteiger partial charge in [-0.1, -0.05) is 19.1 Å². The van der Waals surface area contributed by atoms with Crippen molar-refractivity contribution in [1.29, 1.82) is 0 Å². The SMILES string of the molecule is COC(=O)N1CC(COc2nc(N[C@H]3CC[C@@H](C)CC3)ncc2-c2ccc(N3CCOCC3)cc2)C1. The minimum atomic E-state index is -0.289. The van der Waals surface area contributed by atoms with Crippen LogP contribution >= 0.6 is 0 Å². The van der Waals surface area contributed by atoms with Gasteiger partial charge in [0, 0.05) is 50.0 Å². The average Bonchev–Trinajstić information content (AvgIpc) is 2.90. The molecule has 3 aliphatic rings. The summed E-state index contributed by atoms with van der Waals surface area (Å²) in [5.74, 6) is 2.24. The van der Waals surface area contributed by atoms with Crippen molar-refractivity contribution in [3.8, 4) is 17.0 Å². The van der Waals surface area contributed by atoms with Crippen molar-refractivity contribution >= 4 is 17.7 Å². The zero-order valence-corrected chi connectivity index (χ0v) is 21.3. The molecule has 3 fully saturated rings. The Morgan fingerprint density at radius 1 is 1.11 bits per heavy atom. The van der Waals surface area contributed by atoms with Crippen LogP contribution in [0.2, 0.25) is 0 Å². The van der Waals surface area contributed by atoms with Gasteiger partial charge < -0.3 is 29.3 Å². The van der Waals surface area contributed by atoms with Crippen LogP contribution in [0.1, 0.15) is 32.6 Å². The highest BCUT2D eigenvalue weighted by atomic mass is 16.5. The van der Waals surface area contributed by atoms with Gasteiger partial charge in [0.15, 0.2) is 0 Å². The number of anilines is 2. The molecule has 1 aliphatic carbocycles. The molecule has 3 heterocycles. The lowest BCUT2D eigenvalue weighted by atomic mass is 9.87. The van der Waals surface area contributed by atoms with Gasteiger partial charge in [-0.15, -0.1) is 0 Å². The van der Waals surface area contributed by atoms with E-state index in [9.17, 15) is 4.79 Å². The van der Waals surface area contributed by atoms with E-state index in [2.05, 4.69) is 46.4 Å². The van der Waals surface area contributed by atoms with Crippen LogP contribution in [-0.2, 0) is 9.47 Å². The molecule has 0 unspecified atom stereocenters. The van der Waals surface area contributed by atoms with Crippen LogP contribution in [-0.4, -0.2) is 80.1 Å².